The first-order valence-electron chi connectivity index (χ1n) is 13.5. The first-order valence-corrected chi connectivity index (χ1v) is 15.2. The van der Waals surface area contributed by atoms with Crippen molar-refractivity contribution in [3.05, 3.63) is 78.9 Å². The lowest BCUT2D eigenvalue weighted by molar-refractivity contribution is 0.388. The molecule has 0 N–H and O–H groups in total. The van der Waals surface area contributed by atoms with Crippen LogP contribution in [0.4, 0.5) is 11.4 Å². The van der Waals surface area contributed by atoms with E-state index in [-0.39, 0.29) is 0 Å². The summed E-state index contributed by atoms with van der Waals surface area (Å²) < 4.78 is 37.0. The molecule has 4 fully saturated rings. The van der Waals surface area contributed by atoms with Gasteiger partial charge in [0.25, 0.3) is 0 Å². The normalized spacial score (nSPS) is 26.3. The summed E-state index contributed by atoms with van der Waals surface area (Å²) in [6.07, 6.45) is 1.17. The van der Waals surface area contributed by atoms with Crippen LogP contribution in [0.5, 0.6) is 0 Å². The maximum atomic E-state index is 15.0. The van der Waals surface area contributed by atoms with E-state index in [0.29, 0.717) is 24.4 Å². The van der Waals surface area contributed by atoms with Crippen molar-refractivity contribution < 1.29 is 23.5 Å². The Balaban J connectivity index is 1.19. The van der Waals surface area contributed by atoms with Gasteiger partial charge in [0.15, 0.2) is 7.14 Å². The number of benzene rings is 3. The molecule has 3 aromatic carbocycles. The Bertz CT molecular complexity index is 1180. The molecule has 0 bridgehead atoms. The lowest BCUT2D eigenvalue weighted by Crippen LogP contribution is -2.32. The van der Waals surface area contributed by atoms with Crippen LogP contribution in [0.25, 0.3) is 0 Å². The molecule has 7 nitrogen and oxygen atoms in total. The van der Waals surface area contributed by atoms with Gasteiger partial charge in [-0.25, -0.2) is 0 Å². The van der Waals surface area contributed by atoms with Gasteiger partial charge in [0, 0.05) is 53.5 Å². The Morgan fingerprint density at radius 1 is 0.526 bits per heavy atom. The van der Waals surface area contributed by atoms with E-state index in [2.05, 4.69) is 34.1 Å². The fraction of sp³-hybridized carbons (Fsp3) is 0.400. The van der Waals surface area contributed by atoms with Crippen LogP contribution in [0.2, 0.25) is 0 Å². The highest BCUT2D eigenvalue weighted by Gasteiger charge is 2.34. The standard InChI is InChI=1S/C30H33N2O5P/c33-38(28-4-2-1-3-5-28,29-10-6-22(7-11-29)31(14-24-18-34-24)15-25-19-35-25)30-12-8-23(9-13-30)32(16-26-20-36-26)17-27-21-37-27/h1-13,24-27H,14-21H2. The van der Waals surface area contributed by atoms with Crippen molar-refractivity contribution in [1.29, 1.82) is 0 Å². The second kappa shape index (κ2) is 10.1. The molecule has 4 heterocycles. The van der Waals surface area contributed by atoms with E-state index < -0.39 is 7.14 Å². The Labute approximate surface area is 223 Å². The molecule has 4 saturated heterocycles. The lowest BCUT2D eigenvalue weighted by Gasteiger charge is -2.26. The largest absolute Gasteiger partial charge is 0.371 e. The highest BCUT2D eigenvalue weighted by atomic mass is 31.2. The highest BCUT2D eigenvalue weighted by molar-refractivity contribution is 7.85. The predicted octanol–water partition coefficient (Wildman–Crippen LogP) is 2.53. The molecule has 0 saturated carbocycles. The third kappa shape index (κ3) is 5.54. The summed E-state index contributed by atoms with van der Waals surface area (Å²) >= 11 is 0. The summed E-state index contributed by atoms with van der Waals surface area (Å²) in [5.74, 6) is 0. The fourth-order valence-corrected chi connectivity index (χ4v) is 7.70. The maximum absolute atomic E-state index is 15.0. The van der Waals surface area contributed by atoms with Gasteiger partial charge in [-0.2, -0.15) is 0 Å². The first kappa shape index (κ1) is 24.4. The van der Waals surface area contributed by atoms with Crippen molar-refractivity contribution in [2.45, 2.75) is 24.4 Å². The monoisotopic (exact) mass is 532 g/mol. The lowest BCUT2D eigenvalue weighted by atomic mass is 10.2. The zero-order valence-corrected chi connectivity index (χ0v) is 22.2. The van der Waals surface area contributed by atoms with Gasteiger partial charge in [-0.15, -0.1) is 0 Å². The van der Waals surface area contributed by atoms with E-state index in [9.17, 15) is 0 Å². The topological polar surface area (TPSA) is 73.7 Å². The van der Waals surface area contributed by atoms with E-state index in [1.54, 1.807) is 0 Å². The minimum Gasteiger partial charge on any atom is -0.371 e. The van der Waals surface area contributed by atoms with Crippen LogP contribution < -0.4 is 25.7 Å². The number of anilines is 2. The molecule has 0 spiro atoms. The number of ether oxygens (including phenoxy) is 4. The third-order valence-corrected chi connectivity index (χ3v) is 10.7. The van der Waals surface area contributed by atoms with E-state index in [0.717, 1.165) is 79.9 Å². The van der Waals surface area contributed by atoms with Gasteiger partial charge in [-0.3, -0.25) is 0 Å². The molecule has 0 aliphatic carbocycles. The zero-order valence-electron chi connectivity index (χ0n) is 21.4. The minimum absolute atomic E-state index is 0.292. The van der Waals surface area contributed by atoms with Crippen LogP contribution in [-0.2, 0) is 23.5 Å². The van der Waals surface area contributed by atoms with Crippen molar-refractivity contribution in [2.24, 2.45) is 0 Å². The number of rotatable bonds is 13. The number of hydrogen-bond donors (Lipinski definition) is 0. The van der Waals surface area contributed by atoms with Gasteiger partial charge in [0.1, 0.15) is 0 Å². The first-order chi connectivity index (χ1) is 18.6. The van der Waals surface area contributed by atoms with Crippen LogP contribution in [0.1, 0.15) is 0 Å². The smallest absolute Gasteiger partial charge is 0.171 e. The molecule has 4 aliphatic rings. The fourth-order valence-electron chi connectivity index (χ4n) is 5.08. The van der Waals surface area contributed by atoms with Crippen molar-refractivity contribution in [1.82, 2.24) is 0 Å². The molecule has 7 rings (SSSR count). The Morgan fingerprint density at radius 2 is 0.842 bits per heavy atom. The number of nitrogens with zero attached hydrogens (tertiary/aromatic N) is 2. The number of epoxide rings is 4. The van der Waals surface area contributed by atoms with E-state index in [4.69, 9.17) is 18.9 Å². The molecule has 4 aliphatic heterocycles. The van der Waals surface area contributed by atoms with Crippen molar-refractivity contribution in [2.75, 3.05) is 62.4 Å². The van der Waals surface area contributed by atoms with Crippen LogP contribution in [0.15, 0.2) is 78.9 Å². The summed E-state index contributed by atoms with van der Waals surface area (Å²) in [6.45, 7) is 6.68. The third-order valence-electron chi connectivity index (χ3n) is 7.58. The van der Waals surface area contributed by atoms with Crippen molar-refractivity contribution >= 4 is 34.4 Å². The van der Waals surface area contributed by atoms with E-state index >= 15 is 4.57 Å². The zero-order chi connectivity index (χ0) is 25.5. The van der Waals surface area contributed by atoms with Crippen LogP contribution >= 0.6 is 7.14 Å². The second-order valence-electron chi connectivity index (χ2n) is 10.6. The average Bonchev–Trinajstić information content (AvgIpc) is 3.77. The second-order valence-corrected chi connectivity index (χ2v) is 13.4. The highest BCUT2D eigenvalue weighted by Crippen LogP contribution is 2.43. The van der Waals surface area contributed by atoms with Crippen molar-refractivity contribution in [3.63, 3.8) is 0 Å². The quantitative estimate of drug-likeness (QED) is 0.248. The van der Waals surface area contributed by atoms with Crippen LogP contribution in [0.3, 0.4) is 0 Å². The van der Waals surface area contributed by atoms with Crippen LogP contribution in [0, 0.1) is 0 Å². The molecule has 198 valence electrons. The summed E-state index contributed by atoms with van der Waals surface area (Å²) in [6, 6.07) is 26.4. The molecule has 4 unspecified atom stereocenters. The van der Waals surface area contributed by atoms with E-state index in [1.165, 1.54) is 0 Å². The van der Waals surface area contributed by atoms with Gasteiger partial charge >= 0.3 is 0 Å². The summed E-state index contributed by atoms with van der Waals surface area (Å²) in [4.78, 5) is 4.65. The van der Waals surface area contributed by atoms with Gasteiger partial charge in [-0.05, 0) is 48.5 Å². The summed E-state index contributed by atoms with van der Waals surface area (Å²) in [7, 11) is -3.07. The molecule has 3 aromatic rings. The molecule has 0 aromatic heterocycles. The summed E-state index contributed by atoms with van der Waals surface area (Å²) in [5.41, 5.74) is 2.21. The summed E-state index contributed by atoms with van der Waals surface area (Å²) in [5, 5.41) is 2.50. The van der Waals surface area contributed by atoms with E-state index in [1.807, 2.05) is 54.6 Å². The van der Waals surface area contributed by atoms with Gasteiger partial charge in [0.2, 0.25) is 0 Å². The predicted molar refractivity (Wildman–Crippen MR) is 149 cm³/mol. The number of hydrogen-bond acceptors (Lipinski definition) is 7. The Kier molecular flexibility index (Phi) is 6.50. The Morgan fingerprint density at radius 3 is 1.16 bits per heavy atom. The molecule has 4 atom stereocenters. The molecule has 38 heavy (non-hydrogen) atoms. The Hall–Kier alpha value is -2.67. The maximum Gasteiger partial charge on any atom is 0.171 e. The van der Waals surface area contributed by atoms with Gasteiger partial charge in [0.05, 0.1) is 50.8 Å². The molecule has 8 heteroatoms. The average molecular weight is 533 g/mol. The minimum atomic E-state index is -3.07. The van der Waals surface area contributed by atoms with Gasteiger partial charge < -0.3 is 33.3 Å². The SMILES string of the molecule is O=P(c1ccccc1)(c1ccc(N(CC2CO2)CC2CO2)cc1)c1ccc(N(CC2CO2)CC2CO2)cc1. The molecule has 0 radical (unpaired) electrons. The van der Waals surface area contributed by atoms with Gasteiger partial charge in [-0.1, -0.05) is 30.3 Å². The molecular weight excluding hydrogens is 499 g/mol. The van der Waals surface area contributed by atoms with Crippen LogP contribution in [-0.4, -0.2) is 77.0 Å². The molecular formula is C30H33N2O5P. The van der Waals surface area contributed by atoms with Crippen molar-refractivity contribution in [3.8, 4) is 0 Å². The molecule has 0 amide bonds.